The molecule has 3 aromatic rings. The lowest BCUT2D eigenvalue weighted by Crippen LogP contribution is -2.41. The van der Waals surface area contributed by atoms with E-state index in [-0.39, 0.29) is 12.0 Å². The highest BCUT2D eigenvalue weighted by Gasteiger charge is 2.25. The highest BCUT2D eigenvalue weighted by Crippen LogP contribution is 2.21. The molecule has 1 aliphatic rings. The van der Waals surface area contributed by atoms with E-state index in [1.165, 1.54) is 0 Å². The van der Waals surface area contributed by atoms with Crippen molar-refractivity contribution in [1.29, 1.82) is 0 Å². The highest BCUT2D eigenvalue weighted by molar-refractivity contribution is 9.10. The van der Waals surface area contributed by atoms with Gasteiger partial charge in [-0.3, -0.25) is 4.79 Å². The maximum atomic E-state index is 12.6. The SMILES string of the molecule is O=C(c1cccc(Br)c1)N1CCC(Oc2cnc3ccccc3n2)CC1. The number of amides is 1. The Bertz CT molecular complexity index is 939. The number of hydrogen-bond acceptors (Lipinski definition) is 4. The van der Waals surface area contributed by atoms with Crippen LogP contribution in [0.25, 0.3) is 11.0 Å². The maximum absolute atomic E-state index is 12.6. The number of aromatic nitrogens is 2. The zero-order chi connectivity index (χ0) is 17.9. The third-order valence-corrected chi connectivity index (χ3v) is 5.01. The largest absolute Gasteiger partial charge is 0.473 e. The van der Waals surface area contributed by atoms with Crippen LogP contribution >= 0.6 is 15.9 Å². The fourth-order valence-corrected chi connectivity index (χ4v) is 3.55. The summed E-state index contributed by atoms with van der Waals surface area (Å²) >= 11 is 3.41. The quantitative estimate of drug-likeness (QED) is 0.651. The summed E-state index contributed by atoms with van der Waals surface area (Å²) in [6.45, 7) is 1.36. The minimum atomic E-state index is 0.0528. The van der Waals surface area contributed by atoms with Gasteiger partial charge < -0.3 is 9.64 Å². The lowest BCUT2D eigenvalue weighted by atomic mass is 10.1. The van der Waals surface area contributed by atoms with Crippen LogP contribution in [0.4, 0.5) is 0 Å². The molecule has 26 heavy (non-hydrogen) atoms. The standard InChI is InChI=1S/C20H18BrN3O2/c21-15-5-3-4-14(12-15)20(25)24-10-8-16(9-11-24)26-19-13-22-17-6-1-2-7-18(17)23-19/h1-7,12-13,16H,8-11H2. The third kappa shape index (κ3) is 3.70. The number of likely N-dealkylation sites (tertiary alicyclic amines) is 1. The molecule has 0 bridgehead atoms. The van der Waals surface area contributed by atoms with Gasteiger partial charge in [-0.25, -0.2) is 9.97 Å². The van der Waals surface area contributed by atoms with Crippen molar-refractivity contribution in [2.45, 2.75) is 18.9 Å². The van der Waals surface area contributed by atoms with Crippen LogP contribution in [0.2, 0.25) is 0 Å². The zero-order valence-electron chi connectivity index (χ0n) is 14.1. The Balaban J connectivity index is 1.37. The maximum Gasteiger partial charge on any atom is 0.253 e. The van der Waals surface area contributed by atoms with Gasteiger partial charge in [0.1, 0.15) is 6.10 Å². The highest BCUT2D eigenvalue weighted by atomic mass is 79.9. The van der Waals surface area contributed by atoms with E-state index in [4.69, 9.17) is 4.74 Å². The normalized spacial score (nSPS) is 15.2. The average Bonchev–Trinajstić information content (AvgIpc) is 2.68. The van der Waals surface area contributed by atoms with Crippen molar-refractivity contribution < 1.29 is 9.53 Å². The van der Waals surface area contributed by atoms with Crippen molar-refractivity contribution in [2.75, 3.05) is 13.1 Å². The van der Waals surface area contributed by atoms with Gasteiger partial charge in [0.05, 0.1) is 17.2 Å². The van der Waals surface area contributed by atoms with E-state index in [1.54, 1.807) is 6.20 Å². The second kappa shape index (κ2) is 7.41. The number of piperidine rings is 1. The zero-order valence-corrected chi connectivity index (χ0v) is 15.7. The number of halogens is 1. The van der Waals surface area contributed by atoms with E-state index in [9.17, 15) is 4.79 Å². The monoisotopic (exact) mass is 411 g/mol. The first-order chi connectivity index (χ1) is 12.7. The van der Waals surface area contributed by atoms with Crippen LogP contribution in [0, 0.1) is 0 Å². The van der Waals surface area contributed by atoms with Gasteiger partial charge in [-0.15, -0.1) is 0 Å². The van der Waals surface area contributed by atoms with Crippen LogP contribution in [0.1, 0.15) is 23.2 Å². The Labute approximate surface area is 160 Å². The second-order valence-corrected chi connectivity index (χ2v) is 7.23. The van der Waals surface area contributed by atoms with Crippen LogP contribution in [0.15, 0.2) is 59.2 Å². The van der Waals surface area contributed by atoms with Gasteiger partial charge >= 0.3 is 0 Å². The molecule has 1 aromatic heterocycles. The summed E-state index contributed by atoms with van der Waals surface area (Å²) in [6, 6.07) is 15.2. The van der Waals surface area contributed by atoms with Crippen LogP contribution in [0.5, 0.6) is 5.88 Å². The number of carbonyl (C=O) groups excluding carboxylic acids is 1. The van der Waals surface area contributed by atoms with E-state index < -0.39 is 0 Å². The fourth-order valence-electron chi connectivity index (χ4n) is 3.15. The number of nitrogens with zero attached hydrogens (tertiary/aromatic N) is 3. The van der Waals surface area contributed by atoms with E-state index in [2.05, 4.69) is 25.9 Å². The molecule has 0 unspecified atom stereocenters. The summed E-state index contributed by atoms with van der Waals surface area (Å²) < 4.78 is 6.91. The Morgan fingerprint density at radius 2 is 1.85 bits per heavy atom. The smallest absolute Gasteiger partial charge is 0.253 e. The number of fused-ring (bicyclic) bond motifs is 1. The van der Waals surface area contributed by atoms with Crippen LogP contribution in [-0.4, -0.2) is 40.0 Å². The van der Waals surface area contributed by atoms with E-state index in [0.29, 0.717) is 24.5 Å². The molecule has 0 radical (unpaired) electrons. The Kier molecular flexibility index (Phi) is 4.84. The van der Waals surface area contributed by atoms with Gasteiger partial charge in [0.25, 0.3) is 5.91 Å². The van der Waals surface area contributed by atoms with Crippen molar-refractivity contribution in [2.24, 2.45) is 0 Å². The third-order valence-electron chi connectivity index (χ3n) is 4.51. The first-order valence-corrected chi connectivity index (χ1v) is 9.41. The number of benzene rings is 2. The van der Waals surface area contributed by atoms with Crippen LogP contribution < -0.4 is 4.74 Å². The van der Waals surface area contributed by atoms with Crippen LogP contribution in [-0.2, 0) is 0 Å². The van der Waals surface area contributed by atoms with Crippen molar-refractivity contribution in [3.05, 3.63) is 64.8 Å². The summed E-state index contributed by atoms with van der Waals surface area (Å²) in [5.41, 5.74) is 2.39. The molecule has 0 atom stereocenters. The lowest BCUT2D eigenvalue weighted by molar-refractivity contribution is 0.0588. The molecule has 2 heterocycles. The predicted molar refractivity (Wildman–Crippen MR) is 103 cm³/mol. The van der Waals surface area contributed by atoms with Gasteiger partial charge in [0, 0.05) is 36.0 Å². The number of para-hydroxylation sites is 2. The molecule has 1 amide bonds. The molecule has 6 heteroatoms. The number of carbonyl (C=O) groups is 1. The minimum Gasteiger partial charge on any atom is -0.473 e. The van der Waals surface area contributed by atoms with Crippen molar-refractivity contribution in [3.8, 4) is 5.88 Å². The summed E-state index contributed by atoms with van der Waals surface area (Å²) in [5, 5.41) is 0. The number of rotatable bonds is 3. The molecular weight excluding hydrogens is 394 g/mol. The molecule has 0 aliphatic carbocycles. The van der Waals surface area contributed by atoms with Crippen molar-refractivity contribution >= 4 is 32.9 Å². The molecule has 0 spiro atoms. The Morgan fingerprint density at radius 3 is 2.62 bits per heavy atom. The number of hydrogen-bond donors (Lipinski definition) is 0. The fraction of sp³-hybridized carbons (Fsp3) is 0.250. The van der Waals surface area contributed by atoms with E-state index in [1.807, 2.05) is 53.4 Å². The molecule has 1 fully saturated rings. The molecule has 1 saturated heterocycles. The second-order valence-electron chi connectivity index (χ2n) is 6.32. The van der Waals surface area contributed by atoms with Gasteiger partial charge in [-0.2, -0.15) is 0 Å². The van der Waals surface area contributed by atoms with Gasteiger partial charge in [-0.1, -0.05) is 34.1 Å². The van der Waals surface area contributed by atoms with Gasteiger partial charge in [0.15, 0.2) is 0 Å². The number of ether oxygens (including phenoxy) is 1. The molecule has 132 valence electrons. The van der Waals surface area contributed by atoms with E-state index in [0.717, 1.165) is 28.3 Å². The Morgan fingerprint density at radius 1 is 1.08 bits per heavy atom. The molecular formula is C20H18BrN3O2. The average molecular weight is 412 g/mol. The lowest BCUT2D eigenvalue weighted by Gasteiger charge is -2.32. The Hall–Kier alpha value is -2.47. The predicted octanol–water partition coefficient (Wildman–Crippen LogP) is 4.08. The van der Waals surface area contributed by atoms with Gasteiger partial charge in [-0.05, 0) is 30.3 Å². The molecule has 5 nitrogen and oxygen atoms in total. The summed E-state index contributed by atoms with van der Waals surface area (Å²) in [4.78, 5) is 23.4. The molecule has 2 aromatic carbocycles. The first kappa shape index (κ1) is 17.0. The van der Waals surface area contributed by atoms with Crippen molar-refractivity contribution in [3.63, 3.8) is 0 Å². The molecule has 0 saturated carbocycles. The first-order valence-electron chi connectivity index (χ1n) is 8.62. The molecule has 1 aliphatic heterocycles. The summed E-state index contributed by atoms with van der Waals surface area (Å²) in [7, 11) is 0. The van der Waals surface area contributed by atoms with E-state index >= 15 is 0 Å². The van der Waals surface area contributed by atoms with Gasteiger partial charge in [0.2, 0.25) is 5.88 Å². The van der Waals surface area contributed by atoms with Crippen LogP contribution in [0.3, 0.4) is 0 Å². The summed E-state index contributed by atoms with van der Waals surface area (Å²) in [6.07, 6.45) is 3.29. The minimum absolute atomic E-state index is 0.0528. The topological polar surface area (TPSA) is 55.3 Å². The van der Waals surface area contributed by atoms with Crippen molar-refractivity contribution in [1.82, 2.24) is 14.9 Å². The molecule has 4 rings (SSSR count). The summed E-state index contributed by atoms with van der Waals surface area (Å²) in [5.74, 6) is 0.607. The molecule has 0 N–H and O–H groups in total.